The number of carbonyl (C=O) groups is 1. The molecule has 2 N–H and O–H groups in total. The molecular formula is C13H19N3O. The Kier molecular flexibility index (Phi) is 3.74. The Morgan fingerprint density at radius 3 is 2.71 bits per heavy atom. The Morgan fingerprint density at radius 2 is 2.18 bits per heavy atom. The number of hydrogen-bond acceptors (Lipinski definition) is 3. The minimum absolute atomic E-state index is 0.0758. The molecule has 1 amide bonds. The second-order valence-electron chi connectivity index (χ2n) is 4.57. The first-order valence-corrected chi connectivity index (χ1v) is 6.17. The van der Waals surface area contributed by atoms with Crippen LogP contribution in [0.5, 0.6) is 0 Å². The van der Waals surface area contributed by atoms with Crippen molar-refractivity contribution < 1.29 is 4.79 Å². The molecule has 1 atom stereocenters. The summed E-state index contributed by atoms with van der Waals surface area (Å²) in [5.74, 6) is 0.0758. The molecule has 1 aliphatic rings. The van der Waals surface area contributed by atoms with Crippen LogP contribution >= 0.6 is 0 Å². The van der Waals surface area contributed by atoms with Gasteiger partial charge < -0.3 is 10.6 Å². The van der Waals surface area contributed by atoms with Crippen LogP contribution < -0.4 is 5.73 Å². The van der Waals surface area contributed by atoms with Gasteiger partial charge in [0.2, 0.25) is 5.91 Å². The normalized spacial score (nSPS) is 16.6. The third-order valence-corrected chi connectivity index (χ3v) is 3.13. The molecule has 1 unspecified atom stereocenters. The predicted octanol–water partition coefficient (Wildman–Crippen LogP) is 1.31. The molecular weight excluding hydrogens is 214 g/mol. The van der Waals surface area contributed by atoms with Crippen LogP contribution in [0.25, 0.3) is 0 Å². The summed E-state index contributed by atoms with van der Waals surface area (Å²) in [5.41, 5.74) is 6.95. The summed E-state index contributed by atoms with van der Waals surface area (Å²) >= 11 is 0. The summed E-state index contributed by atoms with van der Waals surface area (Å²) in [6, 6.07) is 3.92. The highest BCUT2D eigenvalue weighted by molar-refractivity contribution is 5.82. The molecule has 1 fully saturated rings. The van der Waals surface area contributed by atoms with E-state index < -0.39 is 0 Å². The van der Waals surface area contributed by atoms with Crippen LogP contribution in [0.4, 0.5) is 0 Å². The summed E-state index contributed by atoms with van der Waals surface area (Å²) in [5, 5.41) is 0. The van der Waals surface area contributed by atoms with Gasteiger partial charge in [-0.3, -0.25) is 9.78 Å². The first-order valence-electron chi connectivity index (χ1n) is 6.17. The third kappa shape index (κ3) is 3.03. The Labute approximate surface area is 102 Å². The maximum Gasteiger partial charge on any atom is 0.240 e. The first-order chi connectivity index (χ1) is 8.22. The summed E-state index contributed by atoms with van der Waals surface area (Å²) in [7, 11) is 0. The maximum absolute atomic E-state index is 12.1. The molecule has 0 aliphatic heterocycles. The van der Waals surface area contributed by atoms with E-state index in [0.29, 0.717) is 19.0 Å². The van der Waals surface area contributed by atoms with Crippen LogP contribution in [-0.2, 0) is 11.3 Å². The summed E-state index contributed by atoms with van der Waals surface area (Å²) < 4.78 is 0. The Balaban J connectivity index is 2.05. The van der Waals surface area contributed by atoms with Gasteiger partial charge in [0.15, 0.2) is 0 Å². The van der Waals surface area contributed by atoms with E-state index in [2.05, 4.69) is 4.98 Å². The molecule has 0 bridgehead atoms. The summed E-state index contributed by atoms with van der Waals surface area (Å²) in [6.07, 6.45) is 6.41. The fraction of sp³-hybridized carbons (Fsp3) is 0.538. The molecule has 0 aromatic carbocycles. The van der Waals surface area contributed by atoms with Gasteiger partial charge in [0.25, 0.3) is 0 Å². The van der Waals surface area contributed by atoms with Gasteiger partial charge >= 0.3 is 0 Å². The highest BCUT2D eigenvalue weighted by Gasteiger charge is 2.34. The van der Waals surface area contributed by atoms with Gasteiger partial charge in [-0.1, -0.05) is 6.92 Å². The lowest BCUT2D eigenvalue weighted by Crippen LogP contribution is -2.44. The van der Waals surface area contributed by atoms with Crippen molar-refractivity contribution in [3.63, 3.8) is 0 Å². The molecule has 1 aromatic rings. The second kappa shape index (κ2) is 5.27. The van der Waals surface area contributed by atoms with Gasteiger partial charge in [-0.15, -0.1) is 0 Å². The van der Waals surface area contributed by atoms with Crippen LogP contribution in [0.2, 0.25) is 0 Å². The minimum atomic E-state index is -0.363. The van der Waals surface area contributed by atoms with Crippen LogP contribution in [0, 0.1) is 0 Å². The molecule has 92 valence electrons. The van der Waals surface area contributed by atoms with Crippen LogP contribution in [0.15, 0.2) is 24.5 Å². The standard InChI is InChI=1S/C13H19N3O/c1-2-12(14)13(17)16(11-3-4-11)9-10-5-7-15-8-6-10/h5-8,11-12H,2-4,9,14H2,1H3. The van der Waals surface area contributed by atoms with Crippen LogP contribution in [0.3, 0.4) is 0 Å². The zero-order valence-electron chi connectivity index (χ0n) is 10.2. The van der Waals surface area contributed by atoms with E-state index in [0.717, 1.165) is 18.4 Å². The fourth-order valence-corrected chi connectivity index (χ4v) is 1.85. The highest BCUT2D eigenvalue weighted by Crippen LogP contribution is 2.28. The summed E-state index contributed by atoms with van der Waals surface area (Å²) in [4.78, 5) is 18.0. The number of hydrogen-bond donors (Lipinski definition) is 1. The fourth-order valence-electron chi connectivity index (χ4n) is 1.85. The van der Waals surface area contributed by atoms with Crippen molar-refractivity contribution in [2.24, 2.45) is 5.73 Å². The lowest BCUT2D eigenvalue weighted by molar-refractivity contribution is -0.133. The van der Waals surface area contributed by atoms with Crippen molar-refractivity contribution in [3.05, 3.63) is 30.1 Å². The number of nitrogens with zero attached hydrogens (tertiary/aromatic N) is 2. The van der Waals surface area contributed by atoms with Crippen molar-refractivity contribution in [2.45, 2.75) is 44.8 Å². The molecule has 1 saturated carbocycles. The number of aromatic nitrogens is 1. The van der Waals surface area contributed by atoms with E-state index in [9.17, 15) is 4.79 Å². The number of amides is 1. The third-order valence-electron chi connectivity index (χ3n) is 3.13. The van der Waals surface area contributed by atoms with Crippen molar-refractivity contribution in [3.8, 4) is 0 Å². The van der Waals surface area contributed by atoms with Gasteiger partial charge in [-0.25, -0.2) is 0 Å². The quantitative estimate of drug-likeness (QED) is 0.834. The van der Waals surface area contributed by atoms with Crippen molar-refractivity contribution >= 4 is 5.91 Å². The zero-order valence-corrected chi connectivity index (χ0v) is 10.2. The summed E-state index contributed by atoms with van der Waals surface area (Å²) in [6.45, 7) is 2.60. The van der Waals surface area contributed by atoms with Crippen LogP contribution in [-0.4, -0.2) is 27.9 Å². The lowest BCUT2D eigenvalue weighted by atomic mass is 10.2. The van der Waals surface area contributed by atoms with E-state index >= 15 is 0 Å². The number of rotatable bonds is 5. The number of carbonyl (C=O) groups excluding carboxylic acids is 1. The van der Waals surface area contributed by atoms with Crippen molar-refractivity contribution in [1.82, 2.24) is 9.88 Å². The molecule has 1 aromatic heterocycles. The lowest BCUT2D eigenvalue weighted by Gasteiger charge is -2.25. The van der Waals surface area contributed by atoms with Gasteiger partial charge in [-0.05, 0) is 37.0 Å². The Bertz CT molecular complexity index is 376. The molecule has 1 heterocycles. The van der Waals surface area contributed by atoms with Gasteiger partial charge in [0, 0.05) is 25.0 Å². The average molecular weight is 233 g/mol. The smallest absolute Gasteiger partial charge is 0.240 e. The molecule has 4 heteroatoms. The zero-order chi connectivity index (χ0) is 12.3. The Hall–Kier alpha value is -1.42. The molecule has 1 aliphatic carbocycles. The monoisotopic (exact) mass is 233 g/mol. The minimum Gasteiger partial charge on any atom is -0.334 e. The largest absolute Gasteiger partial charge is 0.334 e. The Morgan fingerprint density at radius 1 is 1.53 bits per heavy atom. The van der Waals surface area contributed by atoms with E-state index in [-0.39, 0.29) is 11.9 Å². The van der Waals surface area contributed by atoms with Gasteiger partial charge in [0.05, 0.1) is 6.04 Å². The molecule has 2 rings (SSSR count). The van der Waals surface area contributed by atoms with E-state index in [1.54, 1.807) is 12.4 Å². The van der Waals surface area contributed by atoms with Crippen LogP contribution in [0.1, 0.15) is 31.7 Å². The molecule has 4 nitrogen and oxygen atoms in total. The molecule has 17 heavy (non-hydrogen) atoms. The first kappa shape index (κ1) is 12.0. The average Bonchev–Trinajstić information content (AvgIpc) is 3.19. The van der Waals surface area contributed by atoms with Gasteiger partial charge in [0.1, 0.15) is 0 Å². The van der Waals surface area contributed by atoms with E-state index in [4.69, 9.17) is 5.73 Å². The molecule has 0 radical (unpaired) electrons. The van der Waals surface area contributed by atoms with Crippen molar-refractivity contribution in [1.29, 1.82) is 0 Å². The number of nitrogens with two attached hydrogens (primary N) is 1. The van der Waals surface area contributed by atoms with Crippen molar-refractivity contribution in [2.75, 3.05) is 0 Å². The topological polar surface area (TPSA) is 59.2 Å². The predicted molar refractivity (Wildman–Crippen MR) is 66.1 cm³/mol. The van der Waals surface area contributed by atoms with Gasteiger partial charge in [-0.2, -0.15) is 0 Å². The molecule has 0 spiro atoms. The maximum atomic E-state index is 12.1. The SMILES string of the molecule is CCC(N)C(=O)N(Cc1ccncc1)C1CC1. The van der Waals surface area contributed by atoms with E-state index in [1.807, 2.05) is 24.0 Å². The van der Waals surface area contributed by atoms with E-state index in [1.165, 1.54) is 0 Å². The highest BCUT2D eigenvalue weighted by atomic mass is 16.2. The molecule has 0 saturated heterocycles. The second-order valence-corrected chi connectivity index (χ2v) is 4.57. The number of pyridine rings is 1.